The zero-order valence-corrected chi connectivity index (χ0v) is 20.3. The van der Waals surface area contributed by atoms with Crippen LogP contribution >= 0.6 is 11.6 Å². The number of H-pyrrole nitrogens is 1. The first-order valence-corrected chi connectivity index (χ1v) is 12.0. The molecule has 1 fully saturated rings. The molecular weight excluding hydrogens is 499 g/mol. The largest absolute Gasteiger partial charge is 0.457 e. The Morgan fingerprint density at radius 2 is 2.11 bits per heavy atom. The molecule has 0 aliphatic carbocycles. The summed E-state index contributed by atoms with van der Waals surface area (Å²) in [5, 5.41) is 22.6. The Morgan fingerprint density at radius 1 is 1.30 bits per heavy atom. The number of aliphatic hydroxyl groups excluding tert-OH is 1. The first kappa shape index (κ1) is 24.7. The van der Waals surface area contributed by atoms with Crippen LogP contribution in [-0.2, 0) is 4.74 Å². The maximum atomic E-state index is 15.2. The summed E-state index contributed by atoms with van der Waals surface area (Å²) in [5.74, 6) is -0.859. The van der Waals surface area contributed by atoms with Crippen molar-refractivity contribution in [1.29, 1.82) is 5.26 Å². The molecule has 8 nitrogen and oxygen atoms in total. The van der Waals surface area contributed by atoms with Gasteiger partial charge in [-0.1, -0.05) is 29.8 Å². The van der Waals surface area contributed by atoms with E-state index in [-0.39, 0.29) is 46.2 Å². The number of hydrogen-bond acceptors (Lipinski definition) is 7. The molecule has 2 aromatic heterocycles. The monoisotopic (exact) mass is 520 g/mol. The molecule has 1 saturated heterocycles. The summed E-state index contributed by atoms with van der Waals surface area (Å²) >= 11 is 6.37. The van der Waals surface area contributed by atoms with Crippen molar-refractivity contribution < 1.29 is 23.8 Å². The third-order valence-electron chi connectivity index (χ3n) is 6.21. The molecular formula is C27H22ClFN4O4. The van der Waals surface area contributed by atoms with Crippen LogP contribution in [0.4, 0.5) is 10.1 Å². The van der Waals surface area contributed by atoms with E-state index in [0.717, 1.165) is 6.07 Å². The molecule has 3 heterocycles. The van der Waals surface area contributed by atoms with Gasteiger partial charge in [0.2, 0.25) is 0 Å². The number of pyridine rings is 1. The van der Waals surface area contributed by atoms with Gasteiger partial charge in [-0.2, -0.15) is 5.26 Å². The molecule has 0 bridgehead atoms. The minimum Gasteiger partial charge on any atom is -0.457 e. The van der Waals surface area contributed by atoms with Gasteiger partial charge < -0.3 is 24.9 Å². The summed E-state index contributed by atoms with van der Waals surface area (Å²) in [6.45, 7) is 0.255. The second kappa shape index (κ2) is 10.6. The number of aromatic nitrogens is 2. The first-order valence-electron chi connectivity index (χ1n) is 11.6. The number of halogens is 2. The number of rotatable bonds is 7. The Morgan fingerprint density at radius 3 is 2.78 bits per heavy atom. The predicted molar refractivity (Wildman–Crippen MR) is 136 cm³/mol. The van der Waals surface area contributed by atoms with Gasteiger partial charge in [0.25, 0.3) is 0 Å². The van der Waals surface area contributed by atoms with E-state index in [1.165, 1.54) is 18.5 Å². The second-order valence-corrected chi connectivity index (χ2v) is 9.05. The van der Waals surface area contributed by atoms with Gasteiger partial charge in [0.15, 0.2) is 5.78 Å². The fourth-order valence-electron chi connectivity index (χ4n) is 4.36. The molecule has 3 N–H and O–H groups in total. The van der Waals surface area contributed by atoms with E-state index < -0.39 is 11.6 Å². The van der Waals surface area contributed by atoms with Crippen LogP contribution in [0.25, 0.3) is 11.0 Å². The zero-order valence-electron chi connectivity index (χ0n) is 19.5. The van der Waals surface area contributed by atoms with Gasteiger partial charge in [-0.05, 0) is 25.0 Å². The van der Waals surface area contributed by atoms with Crippen molar-refractivity contribution in [2.75, 3.05) is 18.5 Å². The molecule has 0 unspecified atom stereocenters. The Hall–Kier alpha value is -3.97. The van der Waals surface area contributed by atoms with Crippen molar-refractivity contribution in [3.63, 3.8) is 0 Å². The van der Waals surface area contributed by atoms with Crippen molar-refractivity contribution in [2.24, 2.45) is 0 Å². The highest BCUT2D eigenvalue weighted by molar-refractivity contribution is 6.36. The van der Waals surface area contributed by atoms with Gasteiger partial charge in [0.05, 0.1) is 52.1 Å². The number of nitrogens with zero attached hydrogens (tertiary/aromatic N) is 2. The van der Waals surface area contributed by atoms with Crippen molar-refractivity contribution >= 4 is 34.1 Å². The van der Waals surface area contributed by atoms with E-state index in [9.17, 15) is 15.2 Å². The number of carbonyl (C=O) groups is 1. The molecule has 4 aromatic rings. The Bertz CT molecular complexity index is 1470. The highest BCUT2D eigenvalue weighted by Gasteiger charge is 2.27. The average Bonchev–Trinajstić information content (AvgIpc) is 3.34. The molecule has 2 atom stereocenters. The fraction of sp³-hybridized carbons (Fsp3) is 0.222. The molecule has 1 aliphatic heterocycles. The Balaban J connectivity index is 1.50. The molecule has 1 aliphatic rings. The summed E-state index contributed by atoms with van der Waals surface area (Å²) in [4.78, 5) is 20.8. The quantitative estimate of drug-likeness (QED) is 0.286. The maximum Gasteiger partial charge on any atom is 0.199 e. The number of nitriles is 1. The van der Waals surface area contributed by atoms with E-state index in [0.29, 0.717) is 41.9 Å². The van der Waals surface area contributed by atoms with E-state index >= 15 is 4.39 Å². The molecule has 0 radical (unpaired) electrons. The van der Waals surface area contributed by atoms with Crippen molar-refractivity contribution in [1.82, 2.24) is 9.97 Å². The SMILES string of the molecule is N#Cc1cnc2[nH]cc(C(=O)c3c(F)cc(Oc4ccccc4)cc3Cl)c2c1N[C@@H]1CC[C@@H](CO)OC1. The fourth-order valence-corrected chi connectivity index (χ4v) is 4.65. The second-order valence-electron chi connectivity index (χ2n) is 8.65. The lowest BCUT2D eigenvalue weighted by atomic mass is 9.99. The summed E-state index contributed by atoms with van der Waals surface area (Å²) < 4.78 is 26.5. The number of carbonyl (C=O) groups excluding carboxylic acids is 1. The van der Waals surface area contributed by atoms with Crippen LogP contribution in [0.2, 0.25) is 5.02 Å². The molecule has 10 heteroatoms. The number of fused-ring (bicyclic) bond motifs is 1. The minimum absolute atomic E-state index is 0.0619. The van der Waals surface area contributed by atoms with Crippen LogP contribution in [0.5, 0.6) is 11.5 Å². The van der Waals surface area contributed by atoms with Crippen LogP contribution in [0.3, 0.4) is 0 Å². The highest BCUT2D eigenvalue weighted by atomic mass is 35.5. The highest BCUT2D eigenvalue weighted by Crippen LogP contribution is 2.35. The topological polar surface area (TPSA) is 120 Å². The van der Waals surface area contributed by atoms with Crippen LogP contribution in [0, 0.1) is 17.1 Å². The van der Waals surface area contributed by atoms with Gasteiger partial charge >= 0.3 is 0 Å². The predicted octanol–water partition coefficient (Wildman–Crippen LogP) is 5.20. The molecule has 0 saturated carbocycles. The molecule has 188 valence electrons. The van der Waals surface area contributed by atoms with Crippen molar-refractivity contribution in [3.8, 4) is 17.6 Å². The van der Waals surface area contributed by atoms with Gasteiger partial charge in [-0.3, -0.25) is 4.79 Å². The molecule has 2 aromatic carbocycles. The van der Waals surface area contributed by atoms with E-state index in [2.05, 4.69) is 21.4 Å². The lowest BCUT2D eigenvalue weighted by Gasteiger charge is -2.29. The molecule has 0 spiro atoms. The summed E-state index contributed by atoms with van der Waals surface area (Å²) in [7, 11) is 0. The number of anilines is 1. The van der Waals surface area contributed by atoms with E-state index in [4.69, 9.17) is 21.1 Å². The number of ether oxygens (including phenoxy) is 2. The molecule has 37 heavy (non-hydrogen) atoms. The number of ketones is 1. The average molecular weight is 521 g/mol. The molecule has 5 rings (SSSR count). The summed E-state index contributed by atoms with van der Waals surface area (Å²) in [6, 6.07) is 13.2. The summed E-state index contributed by atoms with van der Waals surface area (Å²) in [5.41, 5.74) is 0.778. The van der Waals surface area contributed by atoms with Crippen LogP contribution in [0.1, 0.15) is 34.3 Å². The summed E-state index contributed by atoms with van der Waals surface area (Å²) in [6.07, 6.45) is 3.93. The smallest absolute Gasteiger partial charge is 0.199 e. The van der Waals surface area contributed by atoms with Crippen LogP contribution < -0.4 is 10.1 Å². The lowest BCUT2D eigenvalue weighted by Crippen LogP contribution is -2.36. The zero-order chi connectivity index (χ0) is 25.9. The standard InChI is InChI=1S/C27H22ClFN4O4/c28-21-8-19(37-17-4-2-1-3-5-17)9-22(29)24(21)26(35)20-12-32-27-23(20)25(15(10-30)11-31-27)33-16-6-7-18(13-34)36-14-16/h1-5,8-9,11-12,16,18,34H,6-7,13-14H2,(H2,31,32,33)/t16-,18+/m1/s1. The minimum atomic E-state index is -0.840. The Kier molecular flexibility index (Phi) is 7.06. The lowest BCUT2D eigenvalue weighted by molar-refractivity contribution is -0.0223. The van der Waals surface area contributed by atoms with Gasteiger partial charge in [0.1, 0.15) is 29.0 Å². The maximum absolute atomic E-state index is 15.2. The van der Waals surface area contributed by atoms with Gasteiger partial charge in [-0.15, -0.1) is 0 Å². The number of benzene rings is 2. The molecule has 0 amide bonds. The van der Waals surface area contributed by atoms with Gasteiger partial charge in [-0.25, -0.2) is 9.37 Å². The third kappa shape index (κ3) is 5.00. The number of aromatic amines is 1. The van der Waals surface area contributed by atoms with Crippen LogP contribution in [0.15, 0.2) is 54.9 Å². The number of para-hydroxylation sites is 1. The van der Waals surface area contributed by atoms with E-state index in [1.807, 2.05) is 6.07 Å². The third-order valence-corrected chi connectivity index (χ3v) is 6.51. The first-order chi connectivity index (χ1) is 18.0. The van der Waals surface area contributed by atoms with Crippen LogP contribution in [-0.4, -0.2) is 46.2 Å². The number of nitrogens with one attached hydrogen (secondary N) is 2. The van der Waals surface area contributed by atoms with Crippen molar-refractivity contribution in [3.05, 3.63) is 82.4 Å². The Labute approximate surface area is 216 Å². The number of aliphatic hydroxyl groups is 1. The van der Waals surface area contributed by atoms with Crippen molar-refractivity contribution in [2.45, 2.75) is 25.0 Å². The van der Waals surface area contributed by atoms with E-state index in [1.54, 1.807) is 24.3 Å². The normalized spacial score (nSPS) is 17.4. The van der Waals surface area contributed by atoms with Gasteiger partial charge in [0, 0.05) is 30.6 Å². The number of hydrogen-bond donors (Lipinski definition) is 3.